The molecular weight excluding hydrogens is 302 g/mol. The van der Waals surface area contributed by atoms with Crippen molar-refractivity contribution in [3.8, 4) is 0 Å². The molecule has 2 aliphatic rings. The molecule has 1 unspecified atom stereocenters. The van der Waals surface area contributed by atoms with Crippen molar-refractivity contribution in [2.45, 2.75) is 95.6 Å². The van der Waals surface area contributed by atoms with E-state index in [0.717, 1.165) is 43.3 Å². The Kier molecular flexibility index (Phi) is 6.67. The van der Waals surface area contributed by atoms with Crippen LogP contribution in [-0.2, 0) is 6.42 Å². The maximum atomic E-state index is 9.45. The van der Waals surface area contributed by atoms with Crippen LogP contribution >= 0.6 is 0 Å². The summed E-state index contributed by atoms with van der Waals surface area (Å²) in [7, 11) is 0. The fourth-order valence-corrected chi connectivity index (χ4v) is 4.52. The lowest BCUT2D eigenvalue weighted by Crippen LogP contribution is -2.45. The molecule has 5 nitrogen and oxygen atoms in total. The van der Waals surface area contributed by atoms with Gasteiger partial charge in [-0.2, -0.15) is 4.98 Å². The summed E-state index contributed by atoms with van der Waals surface area (Å²) in [6.07, 6.45) is 13.1. The van der Waals surface area contributed by atoms with Gasteiger partial charge in [-0.05, 0) is 50.9 Å². The van der Waals surface area contributed by atoms with Gasteiger partial charge in [-0.1, -0.05) is 31.3 Å². The molecule has 0 spiro atoms. The van der Waals surface area contributed by atoms with Crippen molar-refractivity contribution in [1.82, 2.24) is 15.5 Å². The van der Waals surface area contributed by atoms with Crippen LogP contribution in [0, 0.1) is 5.92 Å². The maximum absolute atomic E-state index is 9.45. The molecule has 3 rings (SSSR count). The van der Waals surface area contributed by atoms with Gasteiger partial charge in [0.05, 0.1) is 0 Å². The van der Waals surface area contributed by atoms with Crippen molar-refractivity contribution >= 4 is 0 Å². The highest BCUT2D eigenvalue weighted by molar-refractivity contribution is 4.97. The minimum Gasteiger partial charge on any atom is -0.396 e. The van der Waals surface area contributed by atoms with Gasteiger partial charge >= 0.3 is 0 Å². The molecule has 2 aliphatic carbocycles. The summed E-state index contributed by atoms with van der Waals surface area (Å²) < 4.78 is 5.43. The second-order valence-electron chi connectivity index (χ2n) is 7.63. The van der Waals surface area contributed by atoms with E-state index in [1.807, 2.05) is 0 Å². The minimum atomic E-state index is 0.297. The van der Waals surface area contributed by atoms with Gasteiger partial charge in [0.2, 0.25) is 5.89 Å². The molecule has 2 fully saturated rings. The van der Waals surface area contributed by atoms with Crippen LogP contribution in [0.3, 0.4) is 0 Å². The maximum Gasteiger partial charge on any atom is 0.229 e. The molecule has 1 atom stereocenters. The predicted octanol–water partition coefficient (Wildman–Crippen LogP) is 3.58. The molecule has 0 aromatic carbocycles. The Labute approximate surface area is 145 Å². The molecule has 0 bridgehead atoms. The average Bonchev–Trinajstić information content (AvgIpc) is 3.12. The quantitative estimate of drug-likeness (QED) is 0.797. The van der Waals surface area contributed by atoms with Crippen molar-refractivity contribution in [3.05, 3.63) is 11.7 Å². The average molecular weight is 335 g/mol. The number of aliphatic hydroxyl groups excluding tert-OH is 1. The molecule has 0 amide bonds. The topological polar surface area (TPSA) is 71.2 Å². The fourth-order valence-electron chi connectivity index (χ4n) is 4.52. The highest BCUT2D eigenvalue weighted by Crippen LogP contribution is 2.34. The van der Waals surface area contributed by atoms with Crippen LogP contribution in [0.1, 0.15) is 88.8 Å². The summed E-state index contributed by atoms with van der Waals surface area (Å²) in [6.45, 7) is 2.35. The lowest BCUT2D eigenvalue weighted by molar-refractivity contribution is 0.180. The fraction of sp³-hybridized carbons (Fsp3) is 0.895. The van der Waals surface area contributed by atoms with E-state index in [1.165, 1.54) is 44.9 Å². The van der Waals surface area contributed by atoms with Crippen LogP contribution < -0.4 is 5.32 Å². The second kappa shape index (κ2) is 8.95. The lowest BCUT2D eigenvalue weighted by atomic mass is 9.80. The number of aliphatic hydroxyl groups is 1. The van der Waals surface area contributed by atoms with Gasteiger partial charge in [0.15, 0.2) is 5.82 Å². The van der Waals surface area contributed by atoms with E-state index in [1.54, 1.807) is 0 Å². The van der Waals surface area contributed by atoms with Crippen molar-refractivity contribution in [2.24, 2.45) is 5.92 Å². The first-order chi connectivity index (χ1) is 11.8. The van der Waals surface area contributed by atoms with Crippen LogP contribution in [-0.4, -0.2) is 33.9 Å². The lowest BCUT2D eigenvalue weighted by Gasteiger charge is -2.36. The van der Waals surface area contributed by atoms with E-state index in [-0.39, 0.29) is 0 Å². The zero-order valence-corrected chi connectivity index (χ0v) is 15.0. The van der Waals surface area contributed by atoms with Crippen LogP contribution in [0.4, 0.5) is 0 Å². The number of aromatic nitrogens is 2. The highest BCUT2D eigenvalue weighted by Gasteiger charge is 2.30. The summed E-state index contributed by atoms with van der Waals surface area (Å²) >= 11 is 0. The number of hydrogen-bond donors (Lipinski definition) is 2. The van der Waals surface area contributed by atoms with Crippen LogP contribution in [0.5, 0.6) is 0 Å². The third kappa shape index (κ3) is 4.57. The Balaban J connectivity index is 1.49. The minimum absolute atomic E-state index is 0.297. The molecule has 0 radical (unpaired) electrons. The molecule has 2 saturated carbocycles. The number of aryl methyl sites for hydroxylation is 1. The Morgan fingerprint density at radius 3 is 2.50 bits per heavy atom. The normalized spacial score (nSPS) is 27.2. The van der Waals surface area contributed by atoms with Crippen molar-refractivity contribution in [3.63, 3.8) is 0 Å². The van der Waals surface area contributed by atoms with Gasteiger partial charge in [0.25, 0.3) is 0 Å². The number of rotatable bonds is 7. The Morgan fingerprint density at radius 2 is 1.88 bits per heavy atom. The van der Waals surface area contributed by atoms with Crippen LogP contribution in [0.25, 0.3) is 0 Å². The van der Waals surface area contributed by atoms with Crippen molar-refractivity contribution < 1.29 is 9.63 Å². The Hall–Kier alpha value is -0.940. The Bertz CT molecular complexity index is 477. The summed E-state index contributed by atoms with van der Waals surface area (Å²) in [5.41, 5.74) is 0. The smallest absolute Gasteiger partial charge is 0.229 e. The van der Waals surface area contributed by atoms with Gasteiger partial charge in [-0.3, -0.25) is 0 Å². The number of hydrogen-bond acceptors (Lipinski definition) is 5. The standard InChI is InChI=1S/C19H33N3O2/c1-2-18-21-19(24-22-18)15-8-10-16(11-9-15)20-17(12-13-23)14-6-4-3-5-7-14/h14-17,20,23H,2-13H2,1H3. The summed E-state index contributed by atoms with van der Waals surface area (Å²) in [5.74, 6) is 2.85. The summed E-state index contributed by atoms with van der Waals surface area (Å²) in [5, 5.41) is 17.4. The first kappa shape index (κ1) is 17.9. The molecule has 1 aromatic heterocycles. The van der Waals surface area contributed by atoms with Crippen molar-refractivity contribution in [2.75, 3.05) is 6.61 Å². The first-order valence-corrected chi connectivity index (χ1v) is 9.99. The third-order valence-corrected chi connectivity index (χ3v) is 5.99. The third-order valence-electron chi connectivity index (χ3n) is 5.99. The molecule has 136 valence electrons. The van der Waals surface area contributed by atoms with Gasteiger partial charge in [0.1, 0.15) is 0 Å². The number of nitrogens with zero attached hydrogens (tertiary/aromatic N) is 2. The van der Waals surface area contributed by atoms with E-state index in [4.69, 9.17) is 4.52 Å². The van der Waals surface area contributed by atoms with Crippen LogP contribution in [0.2, 0.25) is 0 Å². The molecule has 2 N–H and O–H groups in total. The van der Waals surface area contributed by atoms with E-state index in [9.17, 15) is 5.11 Å². The molecule has 24 heavy (non-hydrogen) atoms. The largest absolute Gasteiger partial charge is 0.396 e. The second-order valence-corrected chi connectivity index (χ2v) is 7.63. The molecule has 1 heterocycles. The summed E-state index contributed by atoms with van der Waals surface area (Å²) in [6, 6.07) is 1.07. The van der Waals surface area contributed by atoms with Gasteiger partial charge in [0, 0.05) is 31.0 Å². The van der Waals surface area contributed by atoms with E-state index >= 15 is 0 Å². The van der Waals surface area contributed by atoms with E-state index in [2.05, 4.69) is 22.4 Å². The van der Waals surface area contributed by atoms with E-state index in [0.29, 0.717) is 24.6 Å². The van der Waals surface area contributed by atoms with E-state index < -0.39 is 0 Å². The zero-order valence-electron chi connectivity index (χ0n) is 15.0. The van der Waals surface area contributed by atoms with Gasteiger partial charge in [-0.15, -0.1) is 0 Å². The number of nitrogens with one attached hydrogen (secondary N) is 1. The molecule has 5 heteroatoms. The molecule has 0 saturated heterocycles. The monoisotopic (exact) mass is 335 g/mol. The SMILES string of the molecule is CCc1noc(C2CCC(NC(CCO)C3CCCCC3)CC2)n1. The van der Waals surface area contributed by atoms with Crippen LogP contribution in [0.15, 0.2) is 4.52 Å². The molecule has 0 aliphatic heterocycles. The first-order valence-electron chi connectivity index (χ1n) is 9.99. The zero-order chi connectivity index (χ0) is 16.8. The molecule has 1 aromatic rings. The summed E-state index contributed by atoms with van der Waals surface area (Å²) in [4.78, 5) is 4.51. The Morgan fingerprint density at radius 1 is 1.12 bits per heavy atom. The van der Waals surface area contributed by atoms with Gasteiger partial charge < -0.3 is 14.9 Å². The van der Waals surface area contributed by atoms with Crippen molar-refractivity contribution in [1.29, 1.82) is 0 Å². The highest BCUT2D eigenvalue weighted by atomic mass is 16.5. The predicted molar refractivity (Wildman–Crippen MR) is 93.9 cm³/mol. The van der Waals surface area contributed by atoms with Gasteiger partial charge in [-0.25, -0.2) is 0 Å². The molecular formula is C19H33N3O2.